The average Bonchev–Trinajstić information content (AvgIpc) is 3.18. The molecule has 1 saturated heterocycles. The number of aromatic nitrogens is 2. The van der Waals surface area contributed by atoms with Crippen molar-refractivity contribution >= 4 is 16.9 Å². The molecule has 6 nitrogen and oxygen atoms in total. The predicted octanol–water partition coefficient (Wildman–Crippen LogP) is 2.97. The first-order chi connectivity index (χ1) is 13.1. The first kappa shape index (κ1) is 17.5. The van der Waals surface area contributed by atoms with Crippen LogP contribution in [0.25, 0.3) is 22.0 Å². The van der Waals surface area contributed by atoms with E-state index in [2.05, 4.69) is 4.98 Å². The number of anilines is 1. The Bertz CT molecular complexity index is 1060. The molecule has 0 aliphatic carbocycles. The number of hydrogen-bond acceptors (Lipinski definition) is 5. The molecule has 1 aliphatic heterocycles. The summed E-state index contributed by atoms with van der Waals surface area (Å²) in [4.78, 5) is 17.2. The van der Waals surface area contributed by atoms with Gasteiger partial charge in [0.05, 0.1) is 30.7 Å². The van der Waals surface area contributed by atoms with Crippen LogP contribution >= 0.6 is 0 Å². The van der Waals surface area contributed by atoms with Gasteiger partial charge in [0, 0.05) is 6.61 Å². The maximum Gasteiger partial charge on any atom is 0.262 e. The third-order valence-electron chi connectivity index (χ3n) is 4.88. The summed E-state index contributed by atoms with van der Waals surface area (Å²) < 4.78 is 26.0. The van der Waals surface area contributed by atoms with Crippen LogP contribution in [0, 0.1) is 5.82 Å². The van der Waals surface area contributed by atoms with Crippen molar-refractivity contribution in [1.82, 2.24) is 9.55 Å². The van der Waals surface area contributed by atoms with Gasteiger partial charge in [0.2, 0.25) is 5.95 Å². The molecule has 1 unspecified atom stereocenters. The highest BCUT2D eigenvalue weighted by Gasteiger charge is 2.19. The van der Waals surface area contributed by atoms with Gasteiger partial charge in [-0.15, -0.1) is 0 Å². The van der Waals surface area contributed by atoms with Gasteiger partial charge in [-0.05, 0) is 48.2 Å². The van der Waals surface area contributed by atoms with Crippen molar-refractivity contribution in [2.75, 3.05) is 19.5 Å². The number of halogens is 1. The van der Waals surface area contributed by atoms with Crippen LogP contribution in [0.15, 0.2) is 41.2 Å². The van der Waals surface area contributed by atoms with Gasteiger partial charge in [0.25, 0.3) is 5.56 Å². The minimum Gasteiger partial charge on any atom is -0.494 e. The molecule has 0 spiro atoms. The minimum absolute atomic E-state index is 0.00852. The molecule has 0 radical (unpaired) electrons. The summed E-state index contributed by atoms with van der Waals surface area (Å²) in [6.07, 6.45) is 1.89. The normalized spacial score (nSPS) is 16.7. The van der Waals surface area contributed by atoms with Gasteiger partial charge in [0.1, 0.15) is 0 Å². The number of hydrogen-bond donors (Lipinski definition) is 1. The Hall–Kier alpha value is -2.93. The smallest absolute Gasteiger partial charge is 0.262 e. The molecule has 0 saturated carbocycles. The fraction of sp³-hybridized carbons (Fsp3) is 0.300. The number of fused-ring (bicyclic) bond motifs is 1. The zero-order valence-corrected chi connectivity index (χ0v) is 14.9. The summed E-state index contributed by atoms with van der Waals surface area (Å²) in [5.41, 5.74) is 7.73. The molecular weight excluding hydrogens is 349 g/mol. The number of nitrogen functional groups attached to an aromatic ring is 1. The van der Waals surface area contributed by atoms with Crippen molar-refractivity contribution in [3.63, 3.8) is 0 Å². The molecule has 1 fully saturated rings. The number of methoxy groups -OCH3 is 1. The van der Waals surface area contributed by atoms with Crippen LogP contribution in [-0.2, 0) is 11.3 Å². The number of rotatable bonds is 4. The lowest BCUT2D eigenvalue weighted by Gasteiger charge is -2.15. The van der Waals surface area contributed by atoms with Crippen molar-refractivity contribution in [3.8, 4) is 16.9 Å². The van der Waals surface area contributed by atoms with E-state index in [9.17, 15) is 9.18 Å². The van der Waals surface area contributed by atoms with Crippen LogP contribution in [0.4, 0.5) is 10.3 Å². The third-order valence-corrected chi connectivity index (χ3v) is 4.88. The highest BCUT2D eigenvalue weighted by Crippen LogP contribution is 2.27. The fourth-order valence-corrected chi connectivity index (χ4v) is 3.43. The molecule has 0 amide bonds. The Morgan fingerprint density at radius 2 is 2.07 bits per heavy atom. The highest BCUT2D eigenvalue weighted by atomic mass is 19.1. The van der Waals surface area contributed by atoms with Crippen molar-refractivity contribution in [1.29, 1.82) is 0 Å². The second-order valence-corrected chi connectivity index (χ2v) is 6.60. The summed E-state index contributed by atoms with van der Waals surface area (Å²) in [6, 6.07) is 9.93. The van der Waals surface area contributed by atoms with Crippen LogP contribution in [-0.4, -0.2) is 29.4 Å². The van der Waals surface area contributed by atoms with Crippen molar-refractivity contribution in [2.24, 2.45) is 0 Å². The number of nitrogens with two attached hydrogens (primary N) is 1. The molecule has 7 heteroatoms. The van der Waals surface area contributed by atoms with Gasteiger partial charge in [-0.3, -0.25) is 9.36 Å². The lowest BCUT2D eigenvalue weighted by molar-refractivity contribution is 0.0966. The van der Waals surface area contributed by atoms with Crippen molar-refractivity contribution < 1.29 is 13.9 Å². The van der Waals surface area contributed by atoms with E-state index in [1.807, 2.05) is 0 Å². The molecule has 2 heterocycles. The van der Waals surface area contributed by atoms with Gasteiger partial charge in [0.15, 0.2) is 11.6 Å². The van der Waals surface area contributed by atoms with Gasteiger partial charge in [-0.2, -0.15) is 0 Å². The molecule has 4 rings (SSSR count). The Kier molecular flexibility index (Phi) is 4.53. The van der Waals surface area contributed by atoms with Crippen molar-refractivity contribution in [3.05, 3.63) is 52.6 Å². The average molecular weight is 369 g/mol. The summed E-state index contributed by atoms with van der Waals surface area (Å²) in [7, 11) is 1.42. The second kappa shape index (κ2) is 7.00. The topological polar surface area (TPSA) is 79.4 Å². The molecule has 0 bridgehead atoms. The monoisotopic (exact) mass is 369 g/mol. The Labute approximate surface area is 155 Å². The van der Waals surface area contributed by atoms with Gasteiger partial charge in [-0.1, -0.05) is 12.1 Å². The molecule has 140 valence electrons. The zero-order valence-electron chi connectivity index (χ0n) is 14.9. The zero-order chi connectivity index (χ0) is 19.0. The molecule has 2 aromatic carbocycles. The fourth-order valence-electron chi connectivity index (χ4n) is 3.43. The number of benzene rings is 2. The van der Waals surface area contributed by atoms with E-state index in [0.717, 1.165) is 18.4 Å². The van der Waals surface area contributed by atoms with E-state index in [0.29, 0.717) is 29.6 Å². The first-order valence-electron chi connectivity index (χ1n) is 8.82. The maximum atomic E-state index is 14.0. The molecular formula is C20H20FN3O3. The summed E-state index contributed by atoms with van der Waals surface area (Å²) >= 11 is 0. The summed E-state index contributed by atoms with van der Waals surface area (Å²) in [5, 5.41) is 0.472. The molecule has 1 aromatic heterocycles. The van der Waals surface area contributed by atoms with E-state index < -0.39 is 5.82 Å². The SMILES string of the molecule is COc1ccc(-c2ccc3c(=O)n(CC4CCCO4)c(N)nc3c2)cc1F. The first-order valence-corrected chi connectivity index (χ1v) is 8.82. The van der Waals surface area contributed by atoms with E-state index in [1.54, 1.807) is 30.3 Å². The number of nitrogens with zero attached hydrogens (tertiary/aromatic N) is 2. The molecule has 27 heavy (non-hydrogen) atoms. The largest absolute Gasteiger partial charge is 0.494 e. The summed E-state index contributed by atoms with van der Waals surface area (Å²) in [6.45, 7) is 1.11. The standard InChI is InChI=1S/C20H20FN3O3/c1-26-18-7-5-12(9-16(18)21)13-4-6-15-17(10-13)23-20(22)24(19(15)25)11-14-3-2-8-27-14/h4-7,9-10,14H,2-3,8,11H2,1H3,(H2,22,23). The van der Waals surface area contributed by atoms with E-state index in [4.69, 9.17) is 15.2 Å². The van der Waals surface area contributed by atoms with E-state index >= 15 is 0 Å². The van der Waals surface area contributed by atoms with Crippen LogP contribution in [0.5, 0.6) is 5.75 Å². The summed E-state index contributed by atoms with van der Waals surface area (Å²) in [5.74, 6) is -0.116. The Morgan fingerprint density at radius 3 is 2.78 bits per heavy atom. The Morgan fingerprint density at radius 1 is 1.30 bits per heavy atom. The third kappa shape index (κ3) is 3.26. The molecule has 1 aliphatic rings. The maximum absolute atomic E-state index is 14.0. The van der Waals surface area contributed by atoms with Crippen molar-refractivity contribution in [2.45, 2.75) is 25.5 Å². The second-order valence-electron chi connectivity index (χ2n) is 6.60. The van der Waals surface area contributed by atoms with E-state index in [-0.39, 0.29) is 23.4 Å². The van der Waals surface area contributed by atoms with Crippen LogP contribution < -0.4 is 16.0 Å². The highest BCUT2D eigenvalue weighted by molar-refractivity contribution is 5.84. The van der Waals surface area contributed by atoms with Crippen LogP contribution in [0.1, 0.15) is 12.8 Å². The molecule has 1 atom stereocenters. The molecule has 3 aromatic rings. The van der Waals surface area contributed by atoms with E-state index in [1.165, 1.54) is 17.7 Å². The quantitative estimate of drug-likeness (QED) is 0.765. The minimum atomic E-state index is -0.449. The van der Waals surface area contributed by atoms with Gasteiger partial charge < -0.3 is 15.2 Å². The lowest BCUT2D eigenvalue weighted by atomic mass is 10.0. The molecule has 2 N–H and O–H groups in total. The van der Waals surface area contributed by atoms with Crippen LogP contribution in [0.3, 0.4) is 0 Å². The van der Waals surface area contributed by atoms with Crippen LogP contribution in [0.2, 0.25) is 0 Å². The predicted molar refractivity (Wildman–Crippen MR) is 101 cm³/mol. The van der Waals surface area contributed by atoms with Gasteiger partial charge in [-0.25, -0.2) is 9.37 Å². The van der Waals surface area contributed by atoms with Gasteiger partial charge >= 0.3 is 0 Å². The lowest BCUT2D eigenvalue weighted by Crippen LogP contribution is -2.29. The number of ether oxygens (including phenoxy) is 2. The Balaban J connectivity index is 1.75.